The Morgan fingerprint density at radius 3 is 1.88 bits per heavy atom. The normalized spacial score (nSPS) is 37.7. The van der Waals surface area contributed by atoms with Gasteiger partial charge in [-0.3, -0.25) is 0 Å². The molecule has 0 aromatic carbocycles. The first-order valence-corrected chi connectivity index (χ1v) is 7.06. The molecule has 2 fully saturated rings. The molecule has 9 heteroatoms. The van der Waals surface area contributed by atoms with Crippen molar-refractivity contribution in [3.8, 4) is 0 Å². The molecule has 0 bridgehead atoms. The van der Waals surface area contributed by atoms with E-state index in [2.05, 4.69) is 10.2 Å². The SMILES string of the molecule is CC1C(=O)O[PH]2(NC(CO)C(CO)N2)OC1=O. The van der Waals surface area contributed by atoms with E-state index in [0.29, 0.717) is 0 Å². The fourth-order valence-electron chi connectivity index (χ4n) is 1.77. The second kappa shape index (κ2) is 4.47. The predicted molar refractivity (Wildman–Crippen MR) is 57.7 cm³/mol. The minimum atomic E-state index is -3.37. The van der Waals surface area contributed by atoms with Gasteiger partial charge in [-0.25, -0.2) is 0 Å². The van der Waals surface area contributed by atoms with Crippen molar-refractivity contribution < 1.29 is 28.8 Å². The maximum absolute atomic E-state index is 11.5. The summed E-state index contributed by atoms with van der Waals surface area (Å²) < 4.78 is 10.2. The van der Waals surface area contributed by atoms with Gasteiger partial charge in [0.25, 0.3) is 0 Å². The second-order valence-electron chi connectivity index (χ2n) is 4.05. The third kappa shape index (κ3) is 2.14. The molecule has 2 rings (SSSR count). The van der Waals surface area contributed by atoms with Crippen molar-refractivity contribution in [2.24, 2.45) is 5.92 Å². The van der Waals surface area contributed by atoms with Gasteiger partial charge >= 0.3 is 97.1 Å². The van der Waals surface area contributed by atoms with Crippen molar-refractivity contribution in [1.29, 1.82) is 0 Å². The monoisotopic (exact) mass is 266 g/mol. The van der Waals surface area contributed by atoms with E-state index in [-0.39, 0.29) is 13.2 Å². The number of carbonyl (C=O) groups is 2. The zero-order valence-electron chi connectivity index (χ0n) is 9.17. The topological polar surface area (TPSA) is 117 Å². The standard InChI is InChI=1S/C8H15N2O6P/c1-4-7(13)15-17(16-8(4)14)9-5(2-11)6(3-12)10-17/h4-6,9-12,17H,2-3H2,1H3. The number of hydrogen-bond acceptors (Lipinski definition) is 8. The summed E-state index contributed by atoms with van der Waals surface area (Å²) in [6.45, 7) is 0.864. The summed E-state index contributed by atoms with van der Waals surface area (Å²) in [6, 6.07) is -1.03. The molecule has 17 heavy (non-hydrogen) atoms. The van der Waals surface area contributed by atoms with Crippen LogP contribution in [0.1, 0.15) is 6.92 Å². The van der Waals surface area contributed by atoms with E-state index in [4.69, 9.17) is 19.3 Å². The first-order valence-electron chi connectivity index (χ1n) is 5.24. The molecule has 4 N–H and O–H groups in total. The van der Waals surface area contributed by atoms with Crippen LogP contribution in [0.15, 0.2) is 0 Å². The Kier molecular flexibility index (Phi) is 3.33. The van der Waals surface area contributed by atoms with Crippen LogP contribution in [0.4, 0.5) is 0 Å². The van der Waals surface area contributed by atoms with Crippen LogP contribution < -0.4 is 10.2 Å². The average molecular weight is 266 g/mol. The van der Waals surface area contributed by atoms with Crippen LogP contribution in [0.5, 0.6) is 0 Å². The molecule has 8 nitrogen and oxygen atoms in total. The molecule has 0 saturated carbocycles. The van der Waals surface area contributed by atoms with E-state index in [9.17, 15) is 9.59 Å². The number of carbonyl (C=O) groups excluding carboxylic acids is 2. The Hall–Kier alpha value is -0.790. The molecule has 2 aliphatic rings. The summed E-state index contributed by atoms with van der Waals surface area (Å²) in [5.74, 6) is -2.27. The molecule has 1 spiro atoms. The van der Waals surface area contributed by atoms with Crippen molar-refractivity contribution in [1.82, 2.24) is 10.2 Å². The van der Waals surface area contributed by atoms with Gasteiger partial charge in [0.15, 0.2) is 0 Å². The molecule has 0 amide bonds. The molecule has 2 heterocycles. The molecule has 2 saturated heterocycles. The number of aliphatic hydroxyl groups is 2. The van der Waals surface area contributed by atoms with Gasteiger partial charge in [0.2, 0.25) is 0 Å². The molecular formula is C8H15N2O6P. The number of hydrogen-bond donors (Lipinski definition) is 4. The van der Waals surface area contributed by atoms with Crippen molar-refractivity contribution in [3.63, 3.8) is 0 Å². The second-order valence-corrected chi connectivity index (χ2v) is 6.27. The molecule has 0 aliphatic carbocycles. The van der Waals surface area contributed by atoms with Gasteiger partial charge in [-0.05, 0) is 0 Å². The summed E-state index contributed by atoms with van der Waals surface area (Å²) in [5.41, 5.74) is 0. The van der Waals surface area contributed by atoms with Gasteiger partial charge < -0.3 is 0 Å². The molecular weight excluding hydrogens is 251 g/mol. The van der Waals surface area contributed by atoms with E-state index in [1.165, 1.54) is 6.92 Å². The van der Waals surface area contributed by atoms with E-state index >= 15 is 0 Å². The molecule has 0 aromatic heterocycles. The Morgan fingerprint density at radius 1 is 1.12 bits per heavy atom. The maximum atomic E-state index is 11.5. The molecule has 2 atom stereocenters. The third-order valence-corrected chi connectivity index (χ3v) is 5.30. The Labute approximate surface area is 97.9 Å². The van der Waals surface area contributed by atoms with Gasteiger partial charge in [0.1, 0.15) is 0 Å². The van der Waals surface area contributed by atoms with Gasteiger partial charge in [-0.2, -0.15) is 0 Å². The first-order chi connectivity index (χ1) is 8.01. The molecule has 0 aromatic rings. The summed E-state index contributed by atoms with van der Waals surface area (Å²) >= 11 is 0. The fourth-order valence-corrected chi connectivity index (χ4v) is 4.61. The number of nitrogens with one attached hydrogen (secondary N) is 2. The summed E-state index contributed by atoms with van der Waals surface area (Å²) in [7, 11) is -3.37. The van der Waals surface area contributed by atoms with Gasteiger partial charge in [-0.15, -0.1) is 0 Å². The van der Waals surface area contributed by atoms with Crippen molar-refractivity contribution >= 4 is 20.0 Å². The minimum absolute atomic E-state index is 0.266. The van der Waals surface area contributed by atoms with Crippen molar-refractivity contribution in [2.45, 2.75) is 19.0 Å². The van der Waals surface area contributed by atoms with Crippen LogP contribution in [-0.4, -0.2) is 47.4 Å². The van der Waals surface area contributed by atoms with Crippen LogP contribution in [0, 0.1) is 5.92 Å². The quantitative estimate of drug-likeness (QED) is 0.336. The predicted octanol–water partition coefficient (Wildman–Crippen LogP) is -1.95. The van der Waals surface area contributed by atoms with E-state index in [1.807, 2.05) is 0 Å². The van der Waals surface area contributed by atoms with Crippen LogP contribution in [0.3, 0.4) is 0 Å². The molecule has 2 unspecified atom stereocenters. The van der Waals surface area contributed by atoms with Crippen LogP contribution in [0.2, 0.25) is 0 Å². The van der Waals surface area contributed by atoms with Gasteiger partial charge in [0.05, 0.1) is 0 Å². The third-order valence-electron chi connectivity index (χ3n) is 2.83. The zero-order valence-corrected chi connectivity index (χ0v) is 10.2. The van der Waals surface area contributed by atoms with Crippen LogP contribution >= 0.6 is 8.02 Å². The average Bonchev–Trinajstić information content (AvgIpc) is 2.64. The van der Waals surface area contributed by atoms with E-state index in [0.717, 1.165) is 0 Å². The fraction of sp³-hybridized carbons (Fsp3) is 0.750. The van der Waals surface area contributed by atoms with Crippen molar-refractivity contribution in [2.75, 3.05) is 13.2 Å². The molecule has 0 radical (unpaired) electrons. The Bertz CT molecular complexity index is 319. The van der Waals surface area contributed by atoms with Crippen molar-refractivity contribution in [3.05, 3.63) is 0 Å². The number of rotatable bonds is 2. The molecule has 98 valence electrons. The van der Waals surface area contributed by atoms with Crippen LogP contribution in [-0.2, 0) is 18.6 Å². The van der Waals surface area contributed by atoms with Crippen LogP contribution in [0.25, 0.3) is 0 Å². The molecule has 2 aliphatic heterocycles. The Morgan fingerprint density at radius 2 is 1.53 bits per heavy atom. The summed E-state index contributed by atoms with van der Waals surface area (Å²) in [6.07, 6.45) is 0. The zero-order chi connectivity index (χ0) is 12.6. The number of aliphatic hydroxyl groups excluding tert-OH is 2. The van der Waals surface area contributed by atoms with Gasteiger partial charge in [-0.1, -0.05) is 0 Å². The Balaban J connectivity index is 2.16. The first kappa shape index (κ1) is 12.7. The van der Waals surface area contributed by atoms with E-state index in [1.54, 1.807) is 0 Å². The van der Waals surface area contributed by atoms with E-state index < -0.39 is 38.0 Å². The summed E-state index contributed by atoms with van der Waals surface area (Å²) in [4.78, 5) is 22.9. The van der Waals surface area contributed by atoms with Gasteiger partial charge in [0, 0.05) is 0 Å². The summed E-state index contributed by atoms with van der Waals surface area (Å²) in [5, 5.41) is 23.7.